The van der Waals surface area contributed by atoms with Gasteiger partial charge in [0.1, 0.15) is 17.3 Å². The Morgan fingerprint density at radius 3 is 2.72 bits per heavy atom. The van der Waals surface area contributed by atoms with Crippen LogP contribution >= 0.6 is 11.3 Å². The number of halogens is 1. The van der Waals surface area contributed by atoms with Crippen molar-refractivity contribution in [3.8, 4) is 0 Å². The molecular weight excluding hydrogens is 429 g/mol. The maximum absolute atomic E-state index is 15.1. The summed E-state index contributed by atoms with van der Waals surface area (Å²) >= 11 is 1.44. The molecule has 0 radical (unpaired) electrons. The van der Waals surface area contributed by atoms with E-state index in [2.05, 4.69) is 10.3 Å². The fourth-order valence-electron chi connectivity index (χ4n) is 3.29. The predicted octanol–water partition coefficient (Wildman–Crippen LogP) is 4.69. The number of thiazole rings is 1. The molecule has 3 rings (SSSR count). The molecular formula is C23H30FN5O2S. The summed E-state index contributed by atoms with van der Waals surface area (Å²) in [4.78, 5) is 22.5. The van der Waals surface area contributed by atoms with Gasteiger partial charge in [-0.15, -0.1) is 11.3 Å². The van der Waals surface area contributed by atoms with Crippen molar-refractivity contribution in [2.75, 3.05) is 19.0 Å². The maximum Gasteiger partial charge on any atom is 0.275 e. The highest BCUT2D eigenvalue weighted by molar-refractivity contribution is 7.15. The molecule has 0 aliphatic heterocycles. The number of amidine groups is 1. The first-order valence-corrected chi connectivity index (χ1v) is 11.2. The molecule has 3 N–H and O–H groups in total. The number of nitrogens with zero attached hydrogens (tertiary/aromatic N) is 3. The largest absolute Gasteiger partial charge is 0.387 e. The topological polar surface area (TPSA) is 94.0 Å². The molecule has 172 valence electrons. The number of nitrogens with two attached hydrogens (primary N) is 1. The number of aromatic nitrogens is 2. The maximum atomic E-state index is 15.1. The summed E-state index contributed by atoms with van der Waals surface area (Å²) in [6, 6.07) is 4.46. The van der Waals surface area contributed by atoms with E-state index in [1.807, 2.05) is 46.2 Å². The molecule has 1 aromatic carbocycles. The first kappa shape index (κ1) is 23.9. The number of anilines is 1. The summed E-state index contributed by atoms with van der Waals surface area (Å²) in [6.45, 7) is 9.99. The summed E-state index contributed by atoms with van der Waals surface area (Å²) < 4.78 is 22.2. The van der Waals surface area contributed by atoms with Gasteiger partial charge in [-0.25, -0.2) is 9.37 Å². The third-order valence-electron chi connectivity index (χ3n) is 5.59. The second-order valence-corrected chi connectivity index (χ2v) is 9.99. The smallest absolute Gasteiger partial charge is 0.275 e. The van der Waals surface area contributed by atoms with Crippen LogP contribution < -0.4 is 11.1 Å². The van der Waals surface area contributed by atoms with Crippen molar-refractivity contribution in [2.45, 2.75) is 40.2 Å². The molecule has 32 heavy (non-hydrogen) atoms. The third-order valence-corrected chi connectivity index (χ3v) is 6.36. The number of fused-ring (bicyclic) bond motifs is 1. The minimum Gasteiger partial charge on any atom is -0.387 e. The van der Waals surface area contributed by atoms with Crippen molar-refractivity contribution >= 4 is 33.7 Å². The molecule has 2 unspecified atom stereocenters. The number of hydrogen-bond donors (Lipinski definition) is 2. The number of rotatable bonds is 7. The molecule has 0 bridgehead atoms. The van der Waals surface area contributed by atoms with E-state index in [4.69, 9.17) is 15.5 Å². The molecule has 0 fully saturated rings. The van der Waals surface area contributed by atoms with Crippen LogP contribution in [-0.2, 0) is 10.3 Å². The fourth-order valence-corrected chi connectivity index (χ4v) is 3.99. The first-order chi connectivity index (χ1) is 15.0. The molecule has 2 atom stereocenters. The van der Waals surface area contributed by atoms with Crippen molar-refractivity contribution < 1.29 is 13.9 Å². The Labute approximate surface area is 191 Å². The zero-order valence-corrected chi connectivity index (χ0v) is 20.1. The van der Waals surface area contributed by atoms with Crippen LogP contribution in [0, 0.1) is 17.2 Å². The molecule has 0 saturated heterocycles. The lowest BCUT2D eigenvalue weighted by molar-refractivity contribution is 0.102. The quantitative estimate of drug-likeness (QED) is 0.396. The Bertz CT molecular complexity index is 1120. The van der Waals surface area contributed by atoms with Crippen LogP contribution in [-0.4, -0.2) is 34.8 Å². The molecule has 0 saturated carbocycles. The number of aliphatic imine (C=N–C) groups is 1. The minimum atomic E-state index is -1.00. The second kappa shape index (κ2) is 8.99. The predicted molar refractivity (Wildman–Crippen MR) is 127 cm³/mol. The Morgan fingerprint density at radius 2 is 2.09 bits per heavy atom. The molecule has 2 aromatic heterocycles. The lowest BCUT2D eigenvalue weighted by Crippen LogP contribution is -2.38. The van der Waals surface area contributed by atoms with Crippen LogP contribution in [0.25, 0.3) is 4.96 Å². The highest BCUT2D eigenvalue weighted by Crippen LogP contribution is 2.38. The van der Waals surface area contributed by atoms with Gasteiger partial charge >= 0.3 is 0 Å². The monoisotopic (exact) mass is 459 g/mol. The van der Waals surface area contributed by atoms with Crippen molar-refractivity contribution in [2.24, 2.45) is 22.1 Å². The highest BCUT2D eigenvalue weighted by Gasteiger charge is 2.37. The highest BCUT2D eigenvalue weighted by atomic mass is 32.1. The Hall–Kier alpha value is -2.78. The van der Waals surface area contributed by atoms with E-state index in [1.54, 1.807) is 23.8 Å². The van der Waals surface area contributed by atoms with Gasteiger partial charge in [-0.1, -0.05) is 27.7 Å². The molecule has 2 heterocycles. The average Bonchev–Trinajstić information content (AvgIpc) is 3.31. The van der Waals surface area contributed by atoms with Gasteiger partial charge in [0.2, 0.25) is 0 Å². The number of carbonyl (C=O) groups excluding carboxylic acids is 1. The SMILES string of the molecule is COCC(C)C(C)(N=C(N)C(C)(C)C)c1cc(NC(=O)c2cn3ccsc3n2)ccc1F. The second-order valence-electron chi connectivity index (χ2n) is 9.12. The Morgan fingerprint density at radius 1 is 1.38 bits per heavy atom. The molecule has 0 spiro atoms. The van der Waals surface area contributed by atoms with E-state index in [9.17, 15) is 4.79 Å². The van der Waals surface area contributed by atoms with Gasteiger partial charge in [-0.2, -0.15) is 0 Å². The van der Waals surface area contributed by atoms with E-state index in [-0.39, 0.29) is 22.9 Å². The van der Waals surface area contributed by atoms with Crippen molar-refractivity contribution in [1.82, 2.24) is 9.38 Å². The number of carbonyl (C=O) groups is 1. The number of hydrogen-bond acceptors (Lipinski definition) is 5. The van der Waals surface area contributed by atoms with E-state index in [0.29, 0.717) is 23.7 Å². The zero-order valence-electron chi connectivity index (χ0n) is 19.3. The van der Waals surface area contributed by atoms with Crippen LogP contribution in [0.3, 0.4) is 0 Å². The summed E-state index contributed by atoms with van der Waals surface area (Å²) in [5.74, 6) is -0.576. The van der Waals surface area contributed by atoms with Gasteiger partial charge in [0, 0.05) is 47.5 Å². The first-order valence-electron chi connectivity index (χ1n) is 10.3. The van der Waals surface area contributed by atoms with E-state index >= 15 is 4.39 Å². The van der Waals surface area contributed by atoms with E-state index in [1.165, 1.54) is 23.5 Å². The van der Waals surface area contributed by atoms with Crippen LogP contribution in [0.15, 0.2) is 41.0 Å². The van der Waals surface area contributed by atoms with E-state index in [0.717, 1.165) is 4.96 Å². The lowest BCUT2D eigenvalue weighted by Gasteiger charge is -2.35. The standard InChI is InChI=1S/C23H30FN5O2S/c1-14(13-31-6)23(5,28-20(25)22(2,3)4)16-11-15(7-8-17(16)24)26-19(30)18-12-29-9-10-32-21(29)27-18/h7-12,14H,13H2,1-6H3,(H2,25,28)(H,26,30). The number of imidazole rings is 1. The lowest BCUT2D eigenvalue weighted by atomic mass is 9.80. The summed E-state index contributed by atoms with van der Waals surface area (Å²) in [6.07, 6.45) is 3.49. The number of nitrogens with one attached hydrogen (secondary N) is 1. The minimum absolute atomic E-state index is 0.186. The van der Waals surface area contributed by atoms with Crippen molar-refractivity contribution in [3.05, 3.63) is 53.0 Å². The van der Waals surface area contributed by atoms with Crippen LogP contribution in [0.2, 0.25) is 0 Å². The van der Waals surface area contributed by atoms with Crippen LogP contribution in [0.1, 0.15) is 50.7 Å². The summed E-state index contributed by atoms with van der Waals surface area (Å²) in [5.41, 5.74) is 5.96. The molecule has 9 heteroatoms. The third kappa shape index (κ3) is 4.83. The van der Waals surface area contributed by atoms with Crippen molar-refractivity contribution in [1.29, 1.82) is 0 Å². The van der Waals surface area contributed by atoms with Gasteiger partial charge in [-0.05, 0) is 25.1 Å². The summed E-state index contributed by atoms with van der Waals surface area (Å²) in [7, 11) is 1.59. The van der Waals surface area contributed by atoms with Gasteiger partial charge < -0.3 is 15.8 Å². The average molecular weight is 460 g/mol. The van der Waals surface area contributed by atoms with Gasteiger partial charge in [0.05, 0.1) is 12.1 Å². The molecule has 1 amide bonds. The molecule has 7 nitrogen and oxygen atoms in total. The normalized spacial score (nSPS) is 15.5. The fraction of sp³-hybridized carbons (Fsp3) is 0.435. The van der Waals surface area contributed by atoms with E-state index < -0.39 is 11.4 Å². The van der Waals surface area contributed by atoms with Gasteiger partial charge in [0.25, 0.3) is 5.91 Å². The molecule has 0 aliphatic carbocycles. The Balaban J connectivity index is 1.99. The Kier molecular flexibility index (Phi) is 6.71. The number of amides is 1. The summed E-state index contributed by atoms with van der Waals surface area (Å²) in [5, 5.41) is 4.71. The van der Waals surface area contributed by atoms with Gasteiger partial charge in [-0.3, -0.25) is 14.2 Å². The van der Waals surface area contributed by atoms with Gasteiger partial charge in [0.15, 0.2) is 4.96 Å². The number of methoxy groups -OCH3 is 1. The number of ether oxygens (including phenoxy) is 1. The number of benzene rings is 1. The molecule has 3 aromatic rings. The van der Waals surface area contributed by atoms with Crippen LogP contribution in [0.4, 0.5) is 10.1 Å². The molecule has 0 aliphatic rings. The van der Waals surface area contributed by atoms with Crippen LogP contribution in [0.5, 0.6) is 0 Å². The zero-order chi connectivity index (χ0) is 23.7. The van der Waals surface area contributed by atoms with Crippen molar-refractivity contribution in [3.63, 3.8) is 0 Å².